The number of hydrogen-bond donors (Lipinski definition) is 1. The Labute approximate surface area is 100 Å². The lowest BCUT2D eigenvalue weighted by molar-refractivity contribution is 0.586. The Bertz CT molecular complexity index is 347. The fourth-order valence-electron chi connectivity index (χ4n) is 1.98. The van der Waals surface area contributed by atoms with Crippen molar-refractivity contribution >= 4 is 5.69 Å². The van der Waals surface area contributed by atoms with Gasteiger partial charge in [-0.15, -0.1) is 0 Å². The van der Waals surface area contributed by atoms with Crippen molar-refractivity contribution in [3.8, 4) is 0 Å². The molecule has 1 unspecified atom stereocenters. The van der Waals surface area contributed by atoms with Crippen LogP contribution in [-0.4, -0.2) is 6.04 Å². The molecule has 0 heterocycles. The van der Waals surface area contributed by atoms with Crippen LogP contribution in [0.25, 0.3) is 0 Å². The van der Waals surface area contributed by atoms with E-state index in [4.69, 9.17) is 0 Å². The van der Waals surface area contributed by atoms with Crippen molar-refractivity contribution in [3.63, 3.8) is 0 Å². The zero-order valence-corrected chi connectivity index (χ0v) is 11.5. The molecular weight excluding hydrogens is 194 g/mol. The largest absolute Gasteiger partial charge is 0.383 e. The van der Waals surface area contributed by atoms with Crippen LogP contribution in [0.1, 0.15) is 52.2 Å². The Morgan fingerprint density at radius 1 is 1.25 bits per heavy atom. The van der Waals surface area contributed by atoms with Gasteiger partial charge in [0.1, 0.15) is 0 Å². The molecule has 0 amide bonds. The quantitative estimate of drug-likeness (QED) is 0.789. The summed E-state index contributed by atoms with van der Waals surface area (Å²) in [7, 11) is 0. The molecule has 0 aromatic heterocycles. The van der Waals surface area contributed by atoms with Gasteiger partial charge < -0.3 is 5.32 Å². The molecule has 0 aliphatic carbocycles. The third-order valence-corrected chi connectivity index (χ3v) is 3.06. The van der Waals surface area contributed by atoms with E-state index in [1.807, 2.05) is 0 Å². The van der Waals surface area contributed by atoms with Crippen molar-refractivity contribution in [2.24, 2.45) is 0 Å². The first kappa shape index (κ1) is 13.1. The molecule has 16 heavy (non-hydrogen) atoms. The van der Waals surface area contributed by atoms with Crippen molar-refractivity contribution in [3.05, 3.63) is 29.3 Å². The van der Waals surface area contributed by atoms with Gasteiger partial charge in [0.15, 0.2) is 0 Å². The lowest BCUT2D eigenvalue weighted by Crippen LogP contribution is -2.16. The van der Waals surface area contributed by atoms with E-state index >= 15 is 0 Å². The van der Waals surface area contributed by atoms with Crippen LogP contribution >= 0.6 is 0 Å². The number of nitrogens with one attached hydrogen (secondary N) is 1. The standard InChI is InChI=1S/C15H25N/c1-7-12(3)16-13-8-9-14(11(2)10-13)15(4,5)6/h8-10,12,16H,7H2,1-6H3. The topological polar surface area (TPSA) is 12.0 Å². The Hall–Kier alpha value is -0.980. The molecule has 1 atom stereocenters. The van der Waals surface area contributed by atoms with E-state index in [1.54, 1.807) is 0 Å². The molecule has 1 N–H and O–H groups in total. The third kappa shape index (κ3) is 3.26. The fourth-order valence-corrected chi connectivity index (χ4v) is 1.98. The smallest absolute Gasteiger partial charge is 0.0345 e. The van der Waals surface area contributed by atoms with Gasteiger partial charge in [0.05, 0.1) is 0 Å². The van der Waals surface area contributed by atoms with Crippen molar-refractivity contribution in [2.75, 3.05) is 5.32 Å². The van der Waals surface area contributed by atoms with E-state index in [-0.39, 0.29) is 5.41 Å². The second kappa shape index (κ2) is 4.90. The monoisotopic (exact) mass is 219 g/mol. The Morgan fingerprint density at radius 2 is 1.88 bits per heavy atom. The summed E-state index contributed by atoms with van der Waals surface area (Å²) in [5.74, 6) is 0. The minimum atomic E-state index is 0.235. The SMILES string of the molecule is CCC(C)Nc1ccc(C(C)(C)C)c(C)c1. The van der Waals surface area contributed by atoms with Crippen LogP contribution in [-0.2, 0) is 5.41 Å². The first-order chi connectivity index (χ1) is 7.34. The summed E-state index contributed by atoms with van der Waals surface area (Å²) >= 11 is 0. The van der Waals surface area contributed by atoms with E-state index in [9.17, 15) is 0 Å². The highest BCUT2D eigenvalue weighted by Gasteiger charge is 2.16. The number of aryl methyl sites for hydroxylation is 1. The highest BCUT2D eigenvalue weighted by atomic mass is 14.9. The van der Waals surface area contributed by atoms with Gasteiger partial charge >= 0.3 is 0 Å². The minimum absolute atomic E-state index is 0.235. The second-order valence-electron chi connectivity index (χ2n) is 5.73. The highest BCUT2D eigenvalue weighted by Crippen LogP contribution is 2.27. The number of hydrogen-bond acceptors (Lipinski definition) is 1. The normalized spacial score (nSPS) is 13.6. The first-order valence-corrected chi connectivity index (χ1v) is 6.22. The summed E-state index contributed by atoms with van der Waals surface area (Å²) in [6.45, 7) is 13.4. The van der Waals surface area contributed by atoms with Crippen molar-refractivity contribution in [1.82, 2.24) is 0 Å². The van der Waals surface area contributed by atoms with Crippen molar-refractivity contribution in [2.45, 2.75) is 59.4 Å². The number of anilines is 1. The van der Waals surface area contributed by atoms with Gasteiger partial charge in [-0.25, -0.2) is 0 Å². The van der Waals surface area contributed by atoms with E-state index < -0.39 is 0 Å². The van der Waals surface area contributed by atoms with E-state index in [0.29, 0.717) is 6.04 Å². The molecule has 1 aromatic carbocycles. The zero-order valence-electron chi connectivity index (χ0n) is 11.5. The van der Waals surface area contributed by atoms with Crippen LogP contribution in [0.5, 0.6) is 0 Å². The van der Waals surface area contributed by atoms with Crippen LogP contribution in [0.15, 0.2) is 18.2 Å². The molecule has 90 valence electrons. The van der Waals surface area contributed by atoms with Crippen LogP contribution in [0, 0.1) is 6.92 Å². The molecule has 0 aliphatic rings. The van der Waals surface area contributed by atoms with Crippen LogP contribution < -0.4 is 5.32 Å². The number of rotatable bonds is 3. The van der Waals surface area contributed by atoms with E-state index in [0.717, 1.165) is 6.42 Å². The van der Waals surface area contributed by atoms with E-state index in [1.165, 1.54) is 16.8 Å². The van der Waals surface area contributed by atoms with Gasteiger partial charge in [-0.2, -0.15) is 0 Å². The highest BCUT2D eigenvalue weighted by molar-refractivity contribution is 5.50. The summed E-state index contributed by atoms with van der Waals surface area (Å²) in [6.07, 6.45) is 1.15. The zero-order chi connectivity index (χ0) is 12.3. The predicted octanol–water partition coefficient (Wildman–Crippen LogP) is 4.50. The van der Waals surface area contributed by atoms with Crippen molar-refractivity contribution < 1.29 is 0 Å². The summed E-state index contributed by atoms with van der Waals surface area (Å²) in [5.41, 5.74) is 4.28. The summed E-state index contributed by atoms with van der Waals surface area (Å²) in [4.78, 5) is 0. The molecule has 1 aromatic rings. The maximum Gasteiger partial charge on any atom is 0.0345 e. The van der Waals surface area contributed by atoms with Crippen LogP contribution in [0.3, 0.4) is 0 Å². The molecular formula is C15H25N. The number of benzene rings is 1. The van der Waals surface area contributed by atoms with Gasteiger partial charge in [0.2, 0.25) is 0 Å². The Balaban J connectivity index is 2.91. The maximum atomic E-state index is 3.51. The lowest BCUT2D eigenvalue weighted by Gasteiger charge is -2.23. The molecule has 0 fully saturated rings. The first-order valence-electron chi connectivity index (χ1n) is 6.22. The molecule has 0 saturated carbocycles. The molecule has 0 saturated heterocycles. The Morgan fingerprint density at radius 3 is 2.31 bits per heavy atom. The second-order valence-corrected chi connectivity index (χ2v) is 5.73. The van der Waals surface area contributed by atoms with Gasteiger partial charge in [0.25, 0.3) is 0 Å². The van der Waals surface area contributed by atoms with E-state index in [2.05, 4.69) is 65.1 Å². The molecule has 0 spiro atoms. The Kier molecular flexibility index (Phi) is 4.01. The van der Waals surface area contributed by atoms with Gasteiger partial charge in [-0.1, -0.05) is 33.8 Å². The molecule has 0 bridgehead atoms. The third-order valence-electron chi connectivity index (χ3n) is 3.06. The maximum absolute atomic E-state index is 3.51. The lowest BCUT2D eigenvalue weighted by atomic mass is 9.84. The average molecular weight is 219 g/mol. The molecule has 0 radical (unpaired) electrons. The molecule has 1 heteroatoms. The average Bonchev–Trinajstić information content (AvgIpc) is 2.15. The summed E-state index contributed by atoms with van der Waals surface area (Å²) < 4.78 is 0. The van der Waals surface area contributed by atoms with Crippen molar-refractivity contribution in [1.29, 1.82) is 0 Å². The summed E-state index contributed by atoms with van der Waals surface area (Å²) in [5, 5.41) is 3.51. The van der Waals surface area contributed by atoms with Crippen LogP contribution in [0.4, 0.5) is 5.69 Å². The minimum Gasteiger partial charge on any atom is -0.383 e. The molecule has 0 aliphatic heterocycles. The molecule has 1 rings (SSSR count). The fraction of sp³-hybridized carbons (Fsp3) is 0.600. The predicted molar refractivity (Wildman–Crippen MR) is 73.3 cm³/mol. The molecule has 1 nitrogen and oxygen atoms in total. The van der Waals surface area contributed by atoms with Gasteiger partial charge in [0, 0.05) is 11.7 Å². The van der Waals surface area contributed by atoms with Crippen LogP contribution in [0.2, 0.25) is 0 Å². The van der Waals surface area contributed by atoms with Gasteiger partial charge in [-0.3, -0.25) is 0 Å². The van der Waals surface area contributed by atoms with Gasteiger partial charge in [-0.05, 0) is 48.9 Å². The summed E-state index contributed by atoms with van der Waals surface area (Å²) in [6, 6.07) is 7.24.